The minimum atomic E-state index is -0.813. The summed E-state index contributed by atoms with van der Waals surface area (Å²) in [5, 5.41) is 2.22. The zero-order valence-corrected chi connectivity index (χ0v) is 21.8. The number of imide groups is 2. The molecular weight excluding hydrogens is 484 g/mol. The zero-order chi connectivity index (χ0) is 27.3. The maximum atomic E-state index is 13.1. The van der Waals surface area contributed by atoms with E-state index in [1.165, 1.54) is 18.7 Å². The lowest BCUT2D eigenvalue weighted by atomic mass is 9.87. The van der Waals surface area contributed by atoms with Crippen molar-refractivity contribution in [3.63, 3.8) is 0 Å². The fraction of sp³-hybridized carbons (Fsp3) is 0.233. The van der Waals surface area contributed by atoms with Crippen molar-refractivity contribution >= 4 is 29.6 Å². The van der Waals surface area contributed by atoms with Crippen molar-refractivity contribution in [2.24, 2.45) is 0 Å². The molecule has 4 amide bonds. The number of hydrogen-bond donors (Lipinski definition) is 1. The SMILES string of the molecule is COc1ccc(N2C(=O)NC(=O)C(=Cc3cccc(OCCOc4ccc(C(C)(C)C)cc4)c3)C2=O)cc1. The van der Waals surface area contributed by atoms with Crippen LogP contribution in [0.2, 0.25) is 0 Å². The summed E-state index contributed by atoms with van der Waals surface area (Å²) in [4.78, 5) is 38.9. The molecule has 1 saturated heterocycles. The van der Waals surface area contributed by atoms with Crippen LogP contribution in [0.1, 0.15) is 31.9 Å². The molecule has 0 aliphatic carbocycles. The number of urea groups is 1. The first-order chi connectivity index (χ1) is 18.2. The van der Waals surface area contributed by atoms with Gasteiger partial charge in [-0.1, -0.05) is 45.0 Å². The Bertz CT molecular complexity index is 1350. The van der Waals surface area contributed by atoms with Gasteiger partial charge in [0.05, 0.1) is 12.8 Å². The van der Waals surface area contributed by atoms with E-state index in [1.54, 1.807) is 48.5 Å². The summed E-state index contributed by atoms with van der Waals surface area (Å²) < 4.78 is 16.7. The number of methoxy groups -OCH3 is 1. The minimum Gasteiger partial charge on any atom is -0.497 e. The fourth-order valence-electron chi connectivity index (χ4n) is 3.85. The van der Waals surface area contributed by atoms with Crippen molar-refractivity contribution in [2.75, 3.05) is 25.2 Å². The van der Waals surface area contributed by atoms with Gasteiger partial charge in [0.25, 0.3) is 11.8 Å². The van der Waals surface area contributed by atoms with Crippen LogP contribution in [0.5, 0.6) is 17.2 Å². The molecular formula is C30H30N2O6. The summed E-state index contributed by atoms with van der Waals surface area (Å²) in [5.74, 6) is 0.407. The number of nitrogens with one attached hydrogen (secondary N) is 1. The molecule has 3 aromatic carbocycles. The highest BCUT2D eigenvalue weighted by atomic mass is 16.5. The summed E-state index contributed by atoms with van der Waals surface area (Å²) in [6.07, 6.45) is 1.43. The smallest absolute Gasteiger partial charge is 0.335 e. The van der Waals surface area contributed by atoms with E-state index in [9.17, 15) is 14.4 Å². The highest BCUT2D eigenvalue weighted by Gasteiger charge is 2.36. The van der Waals surface area contributed by atoms with E-state index in [4.69, 9.17) is 14.2 Å². The molecule has 8 heteroatoms. The number of anilines is 1. The molecule has 38 heavy (non-hydrogen) atoms. The van der Waals surface area contributed by atoms with Gasteiger partial charge < -0.3 is 14.2 Å². The van der Waals surface area contributed by atoms with Crippen molar-refractivity contribution in [3.8, 4) is 17.2 Å². The maximum absolute atomic E-state index is 13.1. The van der Waals surface area contributed by atoms with E-state index in [0.717, 1.165) is 10.6 Å². The van der Waals surface area contributed by atoms with E-state index in [1.807, 2.05) is 12.1 Å². The fourth-order valence-corrected chi connectivity index (χ4v) is 3.85. The lowest BCUT2D eigenvalue weighted by Gasteiger charge is -2.26. The molecule has 0 bridgehead atoms. The number of barbiturate groups is 1. The Morgan fingerprint density at radius 1 is 0.816 bits per heavy atom. The van der Waals surface area contributed by atoms with Gasteiger partial charge in [-0.05, 0) is 71.1 Å². The minimum absolute atomic E-state index is 0.0778. The van der Waals surface area contributed by atoms with Crippen LogP contribution in [-0.2, 0) is 15.0 Å². The van der Waals surface area contributed by atoms with E-state index in [2.05, 4.69) is 38.2 Å². The second-order valence-corrected chi connectivity index (χ2v) is 9.70. The molecule has 1 aliphatic rings. The molecule has 1 heterocycles. The number of carbonyl (C=O) groups is 3. The van der Waals surface area contributed by atoms with E-state index < -0.39 is 17.8 Å². The van der Waals surface area contributed by atoms with Gasteiger partial charge in [0, 0.05) is 0 Å². The van der Waals surface area contributed by atoms with Crippen LogP contribution in [0.15, 0.2) is 78.4 Å². The molecule has 0 atom stereocenters. The van der Waals surface area contributed by atoms with Gasteiger partial charge in [0.1, 0.15) is 36.0 Å². The van der Waals surface area contributed by atoms with Gasteiger partial charge in [-0.3, -0.25) is 14.9 Å². The van der Waals surface area contributed by atoms with Crippen molar-refractivity contribution in [3.05, 3.63) is 89.5 Å². The van der Waals surface area contributed by atoms with Crippen LogP contribution in [0, 0.1) is 0 Å². The van der Waals surface area contributed by atoms with Gasteiger partial charge in [-0.25, -0.2) is 9.69 Å². The van der Waals surface area contributed by atoms with Crippen LogP contribution in [0.25, 0.3) is 6.08 Å². The van der Waals surface area contributed by atoms with Crippen LogP contribution in [0.4, 0.5) is 10.5 Å². The topological polar surface area (TPSA) is 94.2 Å². The van der Waals surface area contributed by atoms with Crippen molar-refractivity contribution in [1.82, 2.24) is 5.32 Å². The van der Waals surface area contributed by atoms with Crippen LogP contribution < -0.4 is 24.4 Å². The predicted molar refractivity (Wildman–Crippen MR) is 145 cm³/mol. The summed E-state index contributed by atoms with van der Waals surface area (Å²) in [6, 6.07) is 20.6. The largest absolute Gasteiger partial charge is 0.497 e. The highest BCUT2D eigenvalue weighted by molar-refractivity contribution is 6.39. The van der Waals surface area contributed by atoms with Gasteiger partial charge in [-0.15, -0.1) is 0 Å². The molecule has 196 valence electrons. The van der Waals surface area contributed by atoms with Crippen molar-refractivity contribution < 1.29 is 28.6 Å². The normalized spacial score (nSPS) is 14.9. The molecule has 1 aliphatic heterocycles. The molecule has 8 nitrogen and oxygen atoms in total. The summed E-state index contributed by atoms with van der Waals surface area (Å²) >= 11 is 0. The number of ether oxygens (including phenoxy) is 3. The zero-order valence-electron chi connectivity index (χ0n) is 21.8. The molecule has 0 unspecified atom stereocenters. The Morgan fingerprint density at radius 3 is 2.08 bits per heavy atom. The molecule has 3 aromatic rings. The average Bonchev–Trinajstić information content (AvgIpc) is 2.89. The first-order valence-electron chi connectivity index (χ1n) is 12.2. The third-order valence-electron chi connectivity index (χ3n) is 5.94. The Morgan fingerprint density at radius 2 is 1.45 bits per heavy atom. The number of hydrogen-bond acceptors (Lipinski definition) is 6. The van der Waals surface area contributed by atoms with Crippen LogP contribution >= 0.6 is 0 Å². The number of carbonyl (C=O) groups excluding carboxylic acids is 3. The lowest BCUT2D eigenvalue weighted by Crippen LogP contribution is -2.54. The Balaban J connectivity index is 1.40. The number of amides is 4. The van der Waals surface area contributed by atoms with Gasteiger partial charge >= 0.3 is 6.03 Å². The van der Waals surface area contributed by atoms with Crippen LogP contribution in [-0.4, -0.2) is 38.2 Å². The Kier molecular flexibility index (Phi) is 7.81. The van der Waals surface area contributed by atoms with Gasteiger partial charge in [0.2, 0.25) is 0 Å². The van der Waals surface area contributed by atoms with Crippen molar-refractivity contribution in [1.29, 1.82) is 0 Å². The molecule has 1 fully saturated rings. The van der Waals surface area contributed by atoms with E-state index in [-0.39, 0.29) is 11.0 Å². The van der Waals surface area contributed by atoms with Crippen LogP contribution in [0.3, 0.4) is 0 Å². The monoisotopic (exact) mass is 514 g/mol. The number of nitrogens with zero attached hydrogens (tertiary/aromatic N) is 1. The summed E-state index contributed by atoms with van der Waals surface area (Å²) in [7, 11) is 1.52. The van der Waals surface area contributed by atoms with E-state index >= 15 is 0 Å². The van der Waals surface area contributed by atoms with Crippen molar-refractivity contribution in [2.45, 2.75) is 26.2 Å². The first kappa shape index (κ1) is 26.5. The maximum Gasteiger partial charge on any atom is 0.335 e. The van der Waals surface area contributed by atoms with Gasteiger partial charge in [0.15, 0.2) is 0 Å². The third-order valence-corrected chi connectivity index (χ3v) is 5.94. The predicted octanol–water partition coefficient (Wildman–Crippen LogP) is 5.12. The second kappa shape index (κ2) is 11.2. The second-order valence-electron chi connectivity index (χ2n) is 9.70. The highest BCUT2D eigenvalue weighted by Crippen LogP contribution is 2.26. The molecule has 0 aromatic heterocycles. The Labute approximate surface area is 221 Å². The van der Waals surface area contributed by atoms with E-state index in [0.29, 0.717) is 36.0 Å². The number of benzene rings is 3. The Hall–Kier alpha value is -4.59. The number of rotatable bonds is 8. The van der Waals surface area contributed by atoms with Gasteiger partial charge in [-0.2, -0.15) is 0 Å². The standard InChI is InChI=1S/C30H30N2O6/c1-30(2,3)21-8-12-24(13-9-21)37-16-17-38-25-7-5-6-20(18-25)19-26-27(33)31-29(35)32(28(26)34)22-10-14-23(36-4)15-11-22/h5-15,18-19H,16-17H2,1-4H3,(H,31,33,35). The summed E-state index contributed by atoms with van der Waals surface area (Å²) in [5.41, 5.74) is 2.03. The quantitative estimate of drug-likeness (QED) is 0.255. The molecule has 0 radical (unpaired) electrons. The molecule has 0 saturated carbocycles. The average molecular weight is 515 g/mol. The molecule has 1 N–H and O–H groups in total. The first-order valence-corrected chi connectivity index (χ1v) is 12.2. The lowest BCUT2D eigenvalue weighted by molar-refractivity contribution is -0.122. The summed E-state index contributed by atoms with van der Waals surface area (Å²) in [6.45, 7) is 7.13. The molecule has 0 spiro atoms. The molecule has 4 rings (SSSR count). The third kappa shape index (κ3) is 6.21.